The third kappa shape index (κ3) is 2.07. The van der Waals surface area contributed by atoms with E-state index in [-0.39, 0.29) is 0 Å². The Morgan fingerprint density at radius 3 is 3.06 bits per heavy atom. The van der Waals surface area contributed by atoms with E-state index in [1.165, 1.54) is 31.4 Å². The van der Waals surface area contributed by atoms with Crippen LogP contribution in [0.15, 0.2) is 18.2 Å². The summed E-state index contributed by atoms with van der Waals surface area (Å²) in [5.74, 6) is 2.51. The fourth-order valence-corrected chi connectivity index (χ4v) is 3.18. The summed E-state index contributed by atoms with van der Waals surface area (Å²) in [6, 6.07) is 6.87. The van der Waals surface area contributed by atoms with Gasteiger partial charge in [-0.25, -0.2) is 0 Å². The van der Waals surface area contributed by atoms with Crippen LogP contribution in [0.1, 0.15) is 30.7 Å². The second kappa shape index (κ2) is 4.81. The molecule has 3 nitrogen and oxygen atoms in total. The van der Waals surface area contributed by atoms with Crippen molar-refractivity contribution >= 4 is 0 Å². The zero-order valence-electron chi connectivity index (χ0n) is 11.2. The lowest BCUT2D eigenvalue weighted by Crippen LogP contribution is -2.27. The molecule has 0 bridgehead atoms. The lowest BCUT2D eigenvalue weighted by molar-refractivity contribution is 0.257. The second-order valence-electron chi connectivity index (χ2n) is 5.42. The molecule has 0 spiro atoms. The molecule has 3 rings (SSSR count). The van der Waals surface area contributed by atoms with Crippen molar-refractivity contribution in [2.45, 2.75) is 31.2 Å². The van der Waals surface area contributed by atoms with Crippen molar-refractivity contribution in [1.82, 2.24) is 4.90 Å². The van der Waals surface area contributed by atoms with Crippen LogP contribution < -0.4 is 9.47 Å². The summed E-state index contributed by atoms with van der Waals surface area (Å²) in [5, 5.41) is 0. The molecule has 2 aliphatic rings. The third-order valence-electron chi connectivity index (χ3n) is 4.32. The van der Waals surface area contributed by atoms with Crippen molar-refractivity contribution in [2.75, 3.05) is 27.3 Å². The Kier molecular flexibility index (Phi) is 3.16. The van der Waals surface area contributed by atoms with E-state index in [0.717, 1.165) is 24.1 Å². The second-order valence-corrected chi connectivity index (χ2v) is 5.42. The molecule has 2 aliphatic heterocycles. The van der Waals surface area contributed by atoms with E-state index in [4.69, 9.17) is 9.47 Å². The minimum absolute atomic E-state index is 0.528. The van der Waals surface area contributed by atoms with E-state index in [0.29, 0.717) is 5.92 Å². The predicted octanol–water partition coefficient (Wildman–Crippen LogP) is 2.66. The molecule has 0 unspecified atom stereocenters. The van der Waals surface area contributed by atoms with Gasteiger partial charge in [-0.1, -0.05) is 0 Å². The number of rotatable bonds is 3. The van der Waals surface area contributed by atoms with Gasteiger partial charge < -0.3 is 14.4 Å². The van der Waals surface area contributed by atoms with Crippen molar-refractivity contribution in [3.05, 3.63) is 23.8 Å². The molecule has 0 saturated carbocycles. The van der Waals surface area contributed by atoms with E-state index >= 15 is 0 Å². The summed E-state index contributed by atoms with van der Waals surface area (Å²) in [7, 11) is 3.96. The fraction of sp³-hybridized carbons (Fsp3) is 0.600. The summed E-state index contributed by atoms with van der Waals surface area (Å²) >= 11 is 0. The van der Waals surface area contributed by atoms with Gasteiger partial charge in [-0.05, 0) is 51.1 Å². The largest absolute Gasteiger partial charge is 0.497 e. The highest BCUT2D eigenvalue weighted by atomic mass is 16.5. The molecule has 0 amide bonds. The van der Waals surface area contributed by atoms with Crippen LogP contribution in [0.5, 0.6) is 11.5 Å². The van der Waals surface area contributed by atoms with E-state index in [9.17, 15) is 0 Å². The molecule has 1 saturated heterocycles. The van der Waals surface area contributed by atoms with Gasteiger partial charge in [0.2, 0.25) is 0 Å². The maximum Gasteiger partial charge on any atom is 0.123 e. The Labute approximate surface area is 109 Å². The molecule has 0 radical (unpaired) electrons. The fourth-order valence-electron chi connectivity index (χ4n) is 3.18. The number of ether oxygens (including phenoxy) is 2. The van der Waals surface area contributed by atoms with Gasteiger partial charge in [0.05, 0.1) is 13.7 Å². The summed E-state index contributed by atoms with van der Waals surface area (Å²) in [6.07, 6.45) is 3.86. The first-order valence-corrected chi connectivity index (χ1v) is 6.79. The Hall–Kier alpha value is -1.22. The molecule has 0 aliphatic carbocycles. The zero-order valence-corrected chi connectivity index (χ0v) is 11.2. The number of benzene rings is 1. The molecule has 3 heteroatoms. The smallest absolute Gasteiger partial charge is 0.123 e. The minimum atomic E-state index is 0.528. The highest BCUT2D eigenvalue weighted by molar-refractivity contribution is 5.45. The van der Waals surface area contributed by atoms with Gasteiger partial charge in [0.1, 0.15) is 11.5 Å². The molecule has 1 aromatic carbocycles. The average molecular weight is 247 g/mol. The number of hydrogen-bond acceptors (Lipinski definition) is 3. The van der Waals surface area contributed by atoms with Gasteiger partial charge in [-0.3, -0.25) is 0 Å². The van der Waals surface area contributed by atoms with E-state index in [1.807, 2.05) is 12.1 Å². The first-order valence-electron chi connectivity index (χ1n) is 6.79. The summed E-state index contributed by atoms with van der Waals surface area (Å²) in [6.45, 7) is 2.07. The Morgan fingerprint density at radius 1 is 1.44 bits per heavy atom. The molecule has 18 heavy (non-hydrogen) atoms. The molecule has 2 atom stereocenters. The summed E-state index contributed by atoms with van der Waals surface area (Å²) < 4.78 is 11.1. The van der Waals surface area contributed by atoms with E-state index in [2.05, 4.69) is 18.0 Å². The summed E-state index contributed by atoms with van der Waals surface area (Å²) in [4.78, 5) is 2.48. The predicted molar refractivity (Wildman–Crippen MR) is 71.5 cm³/mol. The Balaban J connectivity index is 1.76. The molecular weight excluding hydrogens is 226 g/mol. The zero-order chi connectivity index (χ0) is 12.5. The molecule has 0 N–H and O–H groups in total. The number of likely N-dealkylation sites (tertiary alicyclic amines) is 1. The average Bonchev–Trinajstić information content (AvgIpc) is 2.97. The van der Waals surface area contributed by atoms with Gasteiger partial charge in [0, 0.05) is 17.5 Å². The normalized spacial score (nSPS) is 27.0. The molecule has 0 aromatic heterocycles. The van der Waals surface area contributed by atoms with Crippen molar-refractivity contribution in [1.29, 1.82) is 0 Å². The molecule has 1 fully saturated rings. The highest BCUT2D eigenvalue weighted by Gasteiger charge is 2.30. The van der Waals surface area contributed by atoms with Gasteiger partial charge in [-0.2, -0.15) is 0 Å². The topological polar surface area (TPSA) is 21.7 Å². The van der Waals surface area contributed by atoms with Crippen LogP contribution in [0.3, 0.4) is 0 Å². The third-order valence-corrected chi connectivity index (χ3v) is 4.32. The van der Waals surface area contributed by atoms with Crippen LogP contribution in [-0.4, -0.2) is 38.3 Å². The van der Waals surface area contributed by atoms with Crippen LogP contribution in [0, 0.1) is 0 Å². The van der Waals surface area contributed by atoms with Crippen LogP contribution in [0.2, 0.25) is 0 Å². The number of fused-ring (bicyclic) bond motifs is 1. The molecule has 1 aromatic rings. The van der Waals surface area contributed by atoms with Gasteiger partial charge in [-0.15, -0.1) is 0 Å². The van der Waals surface area contributed by atoms with Gasteiger partial charge in [0.15, 0.2) is 0 Å². The van der Waals surface area contributed by atoms with Gasteiger partial charge >= 0.3 is 0 Å². The molecular formula is C15H21NO2. The number of nitrogens with zero attached hydrogens (tertiary/aromatic N) is 1. The summed E-state index contributed by atoms with van der Waals surface area (Å²) in [5.41, 5.74) is 1.33. The quantitative estimate of drug-likeness (QED) is 0.819. The number of hydrogen-bond donors (Lipinski definition) is 0. The maximum absolute atomic E-state index is 5.78. The first-order chi connectivity index (χ1) is 8.78. The van der Waals surface area contributed by atoms with Crippen LogP contribution in [0.4, 0.5) is 0 Å². The molecule has 98 valence electrons. The Bertz CT molecular complexity index is 433. The van der Waals surface area contributed by atoms with Gasteiger partial charge in [0.25, 0.3) is 0 Å². The Morgan fingerprint density at radius 2 is 2.33 bits per heavy atom. The maximum atomic E-state index is 5.78. The van der Waals surface area contributed by atoms with Crippen LogP contribution in [-0.2, 0) is 0 Å². The minimum Gasteiger partial charge on any atom is -0.497 e. The monoisotopic (exact) mass is 247 g/mol. The van der Waals surface area contributed by atoms with Crippen molar-refractivity contribution in [3.63, 3.8) is 0 Å². The SMILES string of the molecule is COc1ccc2c(c1)[C@H](C[C@H]1CCCN1C)CO2. The lowest BCUT2D eigenvalue weighted by atomic mass is 9.93. The number of methoxy groups -OCH3 is 1. The van der Waals surface area contributed by atoms with Crippen molar-refractivity contribution in [2.24, 2.45) is 0 Å². The standard InChI is InChI=1S/C15H21NO2/c1-16-7-3-4-12(16)8-11-10-18-15-6-5-13(17-2)9-14(11)15/h5-6,9,11-12H,3-4,7-8,10H2,1-2H3/t11-,12-/m1/s1. The lowest BCUT2D eigenvalue weighted by Gasteiger charge is -2.22. The van der Waals surface area contributed by atoms with E-state index in [1.54, 1.807) is 7.11 Å². The van der Waals surface area contributed by atoms with Crippen LogP contribution in [0.25, 0.3) is 0 Å². The van der Waals surface area contributed by atoms with Crippen molar-refractivity contribution in [3.8, 4) is 11.5 Å². The van der Waals surface area contributed by atoms with Crippen molar-refractivity contribution < 1.29 is 9.47 Å². The molecule has 2 heterocycles. The van der Waals surface area contributed by atoms with Crippen LogP contribution >= 0.6 is 0 Å². The highest BCUT2D eigenvalue weighted by Crippen LogP contribution is 2.40. The van der Waals surface area contributed by atoms with E-state index < -0.39 is 0 Å². The first kappa shape index (κ1) is 11.8.